The first kappa shape index (κ1) is 21.8. The van der Waals surface area contributed by atoms with Crippen LogP contribution in [-0.4, -0.2) is 58.8 Å². The topological polar surface area (TPSA) is 62.2 Å². The van der Waals surface area contributed by atoms with Crippen molar-refractivity contribution in [2.45, 2.75) is 17.9 Å². The molecule has 0 bridgehead atoms. The van der Waals surface area contributed by atoms with Crippen LogP contribution in [0.15, 0.2) is 41.6 Å². The Hall–Kier alpha value is -1.54. The third-order valence-electron chi connectivity index (χ3n) is 4.57. The molecule has 148 valence electrons. The zero-order chi connectivity index (χ0) is 18.4. The second kappa shape index (κ2) is 10.7. The lowest BCUT2D eigenvalue weighted by Crippen LogP contribution is -2.50. The Kier molecular flexibility index (Phi) is 8.63. The van der Waals surface area contributed by atoms with E-state index in [1.807, 2.05) is 24.0 Å². The Balaban J connectivity index is 0.00000261. The molecule has 8 heteroatoms. The Labute approximate surface area is 171 Å². The molecule has 2 aromatic rings. The van der Waals surface area contributed by atoms with Crippen LogP contribution < -0.4 is 10.6 Å². The van der Waals surface area contributed by atoms with Crippen molar-refractivity contribution in [3.63, 3.8) is 0 Å². The van der Waals surface area contributed by atoms with Crippen molar-refractivity contribution >= 4 is 30.1 Å². The molecule has 1 aromatic heterocycles. The molecule has 2 heterocycles. The molecule has 1 fully saturated rings. The van der Waals surface area contributed by atoms with Gasteiger partial charge in [-0.3, -0.25) is 9.69 Å². The number of piperazine rings is 1. The van der Waals surface area contributed by atoms with Crippen LogP contribution in [0.2, 0.25) is 0 Å². The van der Waals surface area contributed by atoms with Gasteiger partial charge < -0.3 is 15.2 Å². The molecule has 1 aliphatic rings. The molecule has 3 rings (SSSR count). The Morgan fingerprint density at radius 3 is 2.85 bits per heavy atom. The maximum absolute atomic E-state index is 12.4. The van der Waals surface area contributed by atoms with Crippen LogP contribution in [0.1, 0.15) is 17.4 Å². The monoisotopic (exact) mass is 409 g/mol. The van der Waals surface area contributed by atoms with E-state index in [0.29, 0.717) is 13.1 Å². The zero-order valence-corrected chi connectivity index (χ0v) is 17.5. The van der Waals surface area contributed by atoms with Crippen LogP contribution in [0.4, 0.5) is 0 Å². The molecule has 6 nitrogen and oxygen atoms in total. The van der Waals surface area contributed by atoms with Gasteiger partial charge in [0.05, 0.1) is 12.6 Å². The van der Waals surface area contributed by atoms with E-state index in [0.717, 1.165) is 31.2 Å². The predicted octanol–water partition coefficient (Wildman–Crippen LogP) is 2.01. The summed E-state index contributed by atoms with van der Waals surface area (Å²) in [5, 5.41) is 6.44. The molecule has 1 atom stereocenters. The van der Waals surface area contributed by atoms with Crippen molar-refractivity contribution in [1.82, 2.24) is 25.1 Å². The van der Waals surface area contributed by atoms with Gasteiger partial charge in [0.15, 0.2) is 0 Å². The minimum Gasteiger partial charge on any atom is -0.354 e. The average molecular weight is 410 g/mol. The fourth-order valence-corrected chi connectivity index (χ4v) is 3.89. The highest BCUT2D eigenvalue weighted by molar-refractivity contribution is 7.99. The maximum Gasteiger partial charge on any atom is 0.234 e. The number of nitrogens with zero attached hydrogens (tertiary/aromatic N) is 3. The normalized spacial score (nSPS) is 17.3. The maximum atomic E-state index is 12.4. The highest BCUT2D eigenvalue weighted by Crippen LogP contribution is 2.20. The van der Waals surface area contributed by atoms with E-state index in [9.17, 15) is 4.79 Å². The van der Waals surface area contributed by atoms with E-state index in [-0.39, 0.29) is 24.4 Å². The van der Waals surface area contributed by atoms with Gasteiger partial charge in [-0.2, -0.15) is 0 Å². The third kappa shape index (κ3) is 6.24. The number of nitrogens with one attached hydrogen (secondary N) is 2. The molecule has 0 radical (unpaired) electrons. The van der Waals surface area contributed by atoms with E-state index in [4.69, 9.17) is 0 Å². The van der Waals surface area contributed by atoms with Crippen molar-refractivity contribution in [2.75, 3.05) is 38.5 Å². The van der Waals surface area contributed by atoms with Gasteiger partial charge in [0.25, 0.3) is 0 Å². The van der Waals surface area contributed by atoms with Gasteiger partial charge in [-0.05, 0) is 19.1 Å². The number of halogens is 1. The highest BCUT2D eigenvalue weighted by Gasteiger charge is 2.27. The average Bonchev–Trinajstić information content (AvgIpc) is 3.06. The lowest BCUT2D eigenvalue weighted by molar-refractivity contribution is -0.123. The number of carbonyl (C=O) groups excluding carboxylic acids is 1. The van der Waals surface area contributed by atoms with E-state index < -0.39 is 0 Å². The number of aromatic nitrogens is 2. The van der Waals surface area contributed by atoms with Gasteiger partial charge in [-0.25, -0.2) is 4.98 Å². The SMILES string of the molecule is Cc1ccc(SCCNC(=O)CN2CCNCC2c2nccn2C)cc1.Cl. The van der Waals surface area contributed by atoms with Crippen molar-refractivity contribution in [2.24, 2.45) is 7.05 Å². The Morgan fingerprint density at radius 2 is 2.15 bits per heavy atom. The molecule has 1 aliphatic heterocycles. The van der Waals surface area contributed by atoms with E-state index in [2.05, 4.69) is 51.7 Å². The van der Waals surface area contributed by atoms with E-state index >= 15 is 0 Å². The number of imidazole rings is 1. The van der Waals surface area contributed by atoms with Gasteiger partial charge in [0.1, 0.15) is 5.82 Å². The molecule has 2 N–H and O–H groups in total. The van der Waals surface area contributed by atoms with Crippen molar-refractivity contribution in [3.05, 3.63) is 48.0 Å². The lowest BCUT2D eigenvalue weighted by Gasteiger charge is -2.35. The van der Waals surface area contributed by atoms with Crippen LogP contribution in [0.25, 0.3) is 0 Å². The third-order valence-corrected chi connectivity index (χ3v) is 5.59. The molecule has 1 amide bonds. The second-order valence-corrected chi connectivity index (χ2v) is 7.77. The molecule has 1 unspecified atom stereocenters. The summed E-state index contributed by atoms with van der Waals surface area (Å²) in [5.41, 5.74) is 1.26. The van der Waals surface area contributed by atoms with Gasteiger partial charge in [-0.1, -0.05) is 17.7 Å². The fraction of sp³-hybridized carbons (Fsp3) is 0.474. The number of hydrogen-bond acceptors (Lipinski definition) is 5. The molecule has 27 heavy (non-hydrogen) atoms. The first-order chi connectivity index (χ1) is 12.6. The van der Waals surface area contributed by atoms with E-state index in [1.165, 1.54) is 10.5 Å². The lowest BCUT2D eigenvalue weighted by atomic mass is 10.1. The molecule has 1 aromatic carbocycles. The molecular formula is C19H28ClN5OS. The predicted molar refractivity (Wildman–Crippen MR) is 113 cm³/mol. The summed E-state index contributed by atoms with van der Waals surface area (Å²) in [4.78, 5) is 20.3. The molecule has 0 aliphatic carbocycles. The van der Waals surface area contributed by atoms with Gasteiger partial charge in [0.2, 0.25) is 5.91 Å². The molecule has 0 spiro atoms. The van der Waals surface area contributed by atoms with E-state index in [1.54, 1.807) is 11.8 Å². The Bertz CT molecular complexity index is 721. The number of rotatable bonds is 7. The standard InChI is InChI=1S/C19H27N5OS.ClH/c1-15-3-5-16(6-4-15)26-12-9-21-18(25)14-24-11-7-20-13-17(24)19-22-8-10-23(19)2;/h3-6,8,10,17,20H,7,9,11-14H2,1-2H3,(H,21,25);1H. The summed E-state index contributed by atoms with van der Waals surface area (Å²) in [5.74, 6) is 1.95. The zero-order valence-electron chi connectivity index (χ0n) is 15.9. The molecule has 1 saturated heterocycles. The van der Waals surface area contributed by atoms with Crippen LogP contribution in [0.5, 0.6) is 0 Å². The number of aryl methyl sites for hydroxylation is 2. The first-order valence-corrected chi connectivity index (χ1v) is 10.00. The van der Waals surface area contributed by atoms with Gasteiger partial charge in [-0.15, -0.1) is 24.2 Å². The van der Waals surface area contributed by atoms with Gasteiger partial charge in [0, 0.05) is 56.3 Å². The van der Waals surface area contributed by atoms with Crippen molar-refractivity contribution < 1.29 is 4.79 Å². The Morgan fingerprint density at radius 1 is 1.37 bits per heavy atom. The second-order valence-electron chi connectivity index (χ2n) is 6.60. The highest BCUT2D eigenvalue weighted by atomic mass is 35.5. The summed E-state index contributed by atoms with van der Waals surface area (Å²) < 4.78 is 2.03. The minimum absolute atomic E-state index is 0. The van der Waals surface area contributed by atoms with Crippen LogP contribution in [0.3, 0.4) is 0 Å². The molecular weight excluding hydrogens is 382 g/mol. The first-order valence-electron chi connectivity index (χ1n) is 9.01. The summed E-state index contributed by atoms with van der Waals surface area (Å²) in [6, 6.07) is 8.61. The molecule has 0 saturated carbocycles. The summed E-state index contributed by atoms with van der Waals surface area (Å²) in [7, 11) is 2.00. The fourth-order valence-electron chi connectivity index (χ4n) is 3.12. The largest absolute Gasteiger partial charge is 0.354 e. The summed E-state index contributed by atoms with van der Waals surface area (Å²) in [6.07, 6.45) is 3.76. The van der Waals surface area contributed by atoms with Crippen LogP contribution in [0, 0.1) is 6.92 Å². The number of hydrogen-bond donors (Lipinski definition) is 2. The number of amides is 1. The van der Waals surface area contributed by atoms with Crippen LogP contribution >= 0.6 is 24.2 Å². The van der Waals surface area contributed by atoms with Crippen molar-refractivity contribution in [3.8, 4) is 0 Å². The number of benzene rings is 1. The number of carbonyl (C=O) groups is 1. The smallest absolute Gasteiger partial charge is 0.234 e. The summed E-state index contributed by atoms with van der Waals surface area (Å²) in [6.45, 7) is 5.75. The summed E-state index contributed by atoms with van der Waals surface area (Å²) >= 11 is 1.77. The minimum atomic E-state index is 0. The number of thioether (sulfide) groups is 1. The van der Waals surface area contributed by atoms with Crippen molar-refractivity contribution in [1.29, 1.82) is 0 Å². The van der Waals surface area contributed by atoms with Gasteiger partial charge >= 0.3 is 0 Å². The van der Waals surface area contributed by atoms with Crippen LogP contribution in [-0.2, 0) is 11.8 Å². The quantitative estimate of drug-likeness (QED) is 0.541.